The zero-order valence-corrected chi connectivity index (χ0v) is 20.3. The standard InChI is InChI=1S/C30H27NP2/c31-33(29-22-12-4-13-23-29,30-24-14-5-15-25-30)32(26-16-6-1-7-17-26,27-18-8-2-9-19-27)28-20-10-3-11-21-28/h1-25,31-32H. The van der Waals surface area contributed by atoms with Gasteiger partial charge in [0.1, 0.15) is 0 Å². The van der Waals surface area contributed by atoms with E-state index >= 15 is 0 Å². The van der Waals surface area contributed by atoms with Crippen molar-refractivity contribution in [3.63, 3.8) is 0 Å². The molecule has 0 radical (unpaired) electrons. The summed E-state index contributed by atoms with van der Waals surface area (Å²) in [7, 11) is 0. The molecular formula is C30H27NP2. The number of hydrogen-bond acceptors (Lipinski definition) is 1. The number of benzene rings is 5. The van der Waals surface area contributed by atoms with Crippen molar-refractivity contribution in [1.82, 2.24) is 0 Å². The summed E-state index contributed by atoms with van der Waals surface area (Å²) in [5.74, 6) is 0. The second kappa shape index (κ2) is 9.32. The van der Waals surface area contributed by atoms with Crippen molar-refractivity contribution < 1.29 is 0 Å². The normalized spacial score (nSPS) is 12.2. The molecule has 5 rings (SSSR count). The Hall–Kier alpha value is -3.24. The van der Waals surface area contributed by atoms with Crippen molar-refractivity contribution >= 4 is 40.2 Å². The topological polar surface area (TPSA) is 23.9 Å². The number of rotatable bonds is 6. The van der Waals surface area contributed by atoms with E-state index in [0.29, 0.717) is 0 Å². The van der Waals surface area contributed by atoms with Gasteiger partial charge in [0.2, 0.25) is 0 Å². The quantitative estimate of drug-likeness (QED) is 0.296. The summed E-state index contributed by atoms with van der Waals surface area (Å²) < 4.78 is 0. The van der Waals surface area contributed by atoms with E-state index in [4.69, 9.17) is 0 Å². The summed E-state index contributed by atoms with van der Waals surface area (Å²) in [6, 6.07) is 53.6. The first-order valence-electron chi connectivity index (χ1n) is 11.2. The molecular weight excluding hydrogens is 436 g/mol. The Morgan fingerprint density at radius 1 is 0.364 bits per heavy atom. The Morgan fingerprint density at radius 2 is 0.606 bits per heavy atom. The van der Waals surface area contributed by atoms with Gasteiger partial charge in [-0.3, -0.25) is 0 Å². The monoisotopic (exact) mass is 463 g/mol. The van der Waals surface area contributed by atoms with Crippen molar-refractivity contribution in [2.45, 2.75) is 0 Å². The second-order valence-corrected chi connectivity index (χ2v) is 17.7. The maximum atomic E-state index is 10.7. The summed E-state index contributed by atoms with van der Waals surface area (Å²) in [6.45, 7) is -5.57. The molecule has 5 aromatic carbocycles. The zero-order valence-electron chi connectivity index (χ0n) is 18.4. The Morgan fingerprint density at radius 3 is 0.879 bits per heavy atom. The van der Waals surface area contributed by atoms with Gasteiger partial charge in [0, 0.05) is 0 Å². The van der Waals surface area contributed by atoms with Gasteiger partial charge in [0.15, 0.2) is 0 Å². The Labute approximate surface area is 196 Å². The van der Waals surface area contributed by atoms with Gasteiger partial charge in [0.25, 0.3) is 0 Å². The van der Waals surface area contributed by atoms with E-state index in [1.807, 2.05) is 0 Å². The van der Waals surface area contributed by atoms with E-state index in [9.17, 15) is 5.16 Å². The molecule has 3 heteroatoms. The van der Waals surface area contributed by atoms with Crippen molar-refractivity contribution in [3.8, 4) is 0 Å². The minimum atomic E-state index is -2.88. The molecule has 0 amide bonds. The molecule has 0 unspecified atom stereocenters. The van der Waals surface area contributed by atoms with E-state index in [2.05, 4.69) is 152 Å². The van der Waals surface area contributed by atoms with Gasteiger partial charge in [-0.05, 0) is 0 Å². The van der Waals surface area contributed by atoms with Crippen LogP contribution in [0.5, 0.6) is 0 Å². The van der Waals surface area contributed by atoms with E-state index in [-0.39, 0.29) is 0 Å². The average molecular weight is 464 g/mol. The van der Waals surface area contributed by atoms with Crippen LogP contribution in [-0.4, -0.2) is 0 Å². The van der Waals surface area contributed by atoms with Crippen LogP contribution in [0.25, 0.3) is 0 Å². The van der Waals surface area contributed by atoms with Crippen LogP contribution in [0.4, 0.5) is 0 Å². The summed E-state index contributed by atoms with van der Waals surface area (Å²) in [5, 5.41) is 16.8. The third-order valence-electron chi connectivity index (χ3n) is 6.36. The van der Waals surface area contributed by atoms with Crippen LogP contribution in [0.15, 0.2) is 152 Å². The fraction of sp³-hybridized carbons (Fsp3) is 0. The van der Waals surface area contributed by atoms with Crippen LogP contribution in [0.3, 0.4) is 0 Å². The van der Waals surface area contributed by atoms with Crippen molar-refractivity contribution in [3.05, 3.63) is 152 Å². The first-order chi connectivity index (χ1) is 16.3. The molecule has 0 spiro atoms. The minimum absolute atomic E-state index is 1.12. The summed E-state index contributed by atoms with van der Waals surface area (Å²) >= 11 is 0. The van der Waals surface area contributed by atoms with Gasteiger partial charge in [-0.1, -0.05) is 0 Å². The van der Waals surface area contributed by atoms with Crippen LogP contribution in [-0.2, 0) is 0 Å². The first-order valence-corrected chi connectivity index (χ1v) is 15.8. The van der Waals surface area contributed by atoms with E-state index in [0.717, 1.165) is 10.6 Å². The third-order valence-corrected chi connectivity index (χ3v) is 19.9. The summed E-state index contributed by atoms with van der Waals surface area (Å²) in [4.78, 5) is 0. The zero-order chi connectivity index (χ0) is 22.6. The molecule has 0 aliphatic rings. The Bertz CT molecular complexity index is 1210. The molecule has 162 valence electrons. The molecule has 0 heterocycles. The van der Waals surface area contributed by atoms with Gasteiger partial charge >= 0.3 is 197 Å². The van der Waals surface area contributed by atoms with Gasteiger partial charge < -0.3 is 0 Å². The van der Waals surface area contributed by atoms with Crippen LogP contribution in [0, 0.1) is 5.16 Å². The van der Waals surface area contributed by atoms with Crippen LogP contribution >= 0.6 is 13.7 Å². The van der Waals surface area contributed by atoms with Crippen LogP contribution < -0.4 is 26.5 Å². The van der Waals surface area contributed by atoms with Gasteiger partial charge in [-0.2, -0.15) is 0 Å². The van der Waals surface area contributed by atoms with Gasteiger partial charge in [-0.15, -0.1) is 0 Å². The van der Waals surface area contributed by atoms with Crippen molar-refractivity contribution in [2.75, 3.05) is 0 Å². The maximum absolute atomic E-state index is 10.7. The van der Waals surface area contributed by atoms with Crippen LogP contribution in [0.2, 0.25) is 0 Å². The van der Waals surface area contributed by atoms with E-state index < -0.39 is 13.7 Å². The summed E-state index contributed by atoms with van der Waals surface area (Å²) in [6.07, 6.45) is 0. The molecule has 5 aromatic rings. The molecule has 0 atom stereocenters. The fourth-order valence-corrected chi connectivity index (χ4v) is 19.5. The van der Waals surface area contributed by atoms with E-state index in [1.165, 1.54) is 15.9 Å². The molecule has 0 bridgehead atoms. The molecule has 0 saturated heterocycles. The first kappa shape index (κ1) is 21.6. The van der Waals surface area contributed by atoms with Crippen molar-refractivity contribution in [1.29, 1.82) is 5.16 Å². The second-order valence-electron chi connectivity index (χ2n) is 8.15. The van der Waals surface area contributed by atoms with Gasteiger partial charge in [-0.25, -0.2) is 0 Å². The average Bonchev–Trinajstić information content (AvgIpc) is 2.92. The molecule has 1 N–H and O–H groups in total. The fourth-order valence-electron chi connectivity index (χ4n) is 4.96. The Kier molecular flexibility index (Phi) is 6.10. The molecule has 0 aliphatic carbocycles. The molecule has 0 saturated carbocycles. The molecule has 33 heavy (non-hydrogen) atoms. The van der Waals surface area contributed by atoms with Crippen LogP contribution in [0.1, 0.15) is 0 Å². The van der Waals surface area contributed by atoms with Crippen molar-refractivity contribution in [2.24, 2.45) is 0 Å². The molecule has 0 aliphatic heterocycles. The summed E-state index contributed by atoms with van der Waals surface area (Å²) in [5.41, 5.74) is 0. The van der Waals surface area contributed by atoms with Gasteiger partial charge in [0.05, 0.1) is 0 Å². The number of hydrogen-bond donors (Lipinski definition) is 1. The van der Waals surface area contributed by atoms with E-state index in [1.54, 1.807) is 0 Å². The molecule has 0 aromatic heterocycles. The Balaban J connectivity index is 2.02. The third kappa shape index (κ3) is 3.59. The predicted octanol–water partition coefficient (Wildman–Crippen LogP) is 6.06. The molecule has 1 nitrogen and oxygen atoms in total. The SMILES string of the molecule is N=P(c1ccccc1)(c1ccccc1)[PH](c1ccccc1)(c1ccccc1)c1ccccc1. The number of nitrogens with one attached hydrogen (secondary N) is 1. The predicted molar refractivity (Wildman–Crippen MR) is 148 cm³/mol. The molecule has 0 fully saturated rings.